The third kappa shape index (κ3) is 1.13. The molecule has 0 aromatic carbocycles. The lowest BCUT2D eigenvalue weighted by molar-refractivity contribution is 0.695. The largest absolute Gasteiger partial charge is 0.367 e. The number of hydrogen-bond acceptors (Lipinski definition) is 4. The number of hydrogen-bond donors (Lipinski definition) is 1. The second-order valence-electron chi connectivity index (χ2n) is 2.76. The van der Waals surface area contributed by atoms with Crippen LogP contribution in [0.3, 0.4) is 0 Å². The van der Waals surface area contributed by atoms with Gasteiger partial charge in [0.2, 0.25) is 5.82 Å². The van der Waals surface area contributed by atoms with Crippen molar-refractivity contribution < 1.29 is 0 Å². The number of rotatable bonds is 1. The molecule has 0 radical (unpaired) electrons. The van der Waals surface area contributed by atoms with Gasteiger partial charge in [0, 0.05) is 7.05 Å². The third-order valence-electron chi connectivity index (χ3n) is 1.92. The molecule has 1 N–H and O–H groups in total. The van der Waals surface area contributed by atoms with Crippen LogP contribution in [0.4, 0.5) is 0 Å². The van der Waals surface area contributed by atoms with Gasteiger partial charge < -0.3 is 0 Å². The molecule has 2 aromatic rings. The average molecular weight is 215 g/mol. The molecular formula is C6H7ClN6O. The fraction of sp³-hybridized carbons (Fsp3) is 0.333. The van der Waals surface area contributed by atoms with Gasteiger partial charge in [0.05, 0.1) is 5.69 Å². The first-order chi connectivity index (χ1) is 6.61. The highest BCUT2D eigenvalue weighted by molar-refractivity contribution is 6.32. The van der Waals surface area contributed by atoms with Crippen molar-refractivity contribution in [1.29, 1.82) is 0 Å². The Kier molecular flexibility index (Phi) is 1.88. The van der Waals surface area contributed by atoms with Crippen molar-refractivity contribution in [3.63, 3.8) is 0 Å². The van der Waals surface area contributed by atoms with E-state index in [1.165, 1.54) is 0 Å². The van der Waals surface area contributed by atoms with Gasteiger partial charge >= 0.3 is 5.69 Å². The van der Waals surface area contributed by atoms with Crippen LogP contribution in [0.2, 0.25) is 5.02 Å². The number of nitrogens with one attached hydrogen (secondary N) is 1. The fourth-order valence-electron chi connectivity index (χ4n) is 1.04. The zero-order chi connectivity index (χ0) is 10.3. The number of nitrogens with zero attached hydrogens (tertiary/aromatic N) is 5. The van der Waals surface area contributed by atoms with Crippen molar-refractivity contribution in [2.24, 2.45) is 7.05 Å². The molecule has 0 unspecified atom stereocenters. The number of halogens is 1. The average Bonchev–Trinajstić information content (AvgIpc) is 2.66. The van der Waals surface area contributed by atoms with Crippen LogP contribution in [-0.2, 0) is 7.05 Å². The van der Waals surface area contributed by atoms with Gasteiger partial charge in [-0.15, -0.1) is 4.68 Å². The molecule has 2 rings (SSSR count). The third-order valence-corrected chi connectivity index (χ3v) is 2.36. The molecule has 14 heavy (non-hydrogen) atoms. The molecule has 0 aliphatic carbocycles. The van der Waals surface area contributed by atoms with Crippen molar-refractivity contribution in [3.8, 4) is 5.82 Å². The maximum atomic E-state index is 11.2. The fourth-order valence-corrected chi connectivity index (χ4v) is 1.28. The number of H-pyrrole nitrogens is 1. The molecule has 0 amide bonds. The second kappa shape index (κ2) is 2.95. The van der Waals surface area contributed by atoms with Crippen LogP contribution in [0.25, 0.3) is 5.82 Å². The Bertz CT molecular complexity index is 523. The van der Waals surface area contributed by atoms with Crippen LogP contribution < -0.4 is 5.69 Å². The molecule has 0 saturated carbocycles. The maximum absolute atomic E-state index is 11.2. The zero-order valence-electron chi connectivity index (χ0n) is 7.52. The van der Waals surface area contributed by atoms with Crippen molar-refractivity contribution in [3.05, 3.63) is 21.2 Å². The molecule has 0 aliphatic heterocycles. The van der Waals surface area contributed by atoms with Gasteiger partial charge in [0.15, 0.2) is 0 Å². The Morgan fingerprint density at radius 1 is 1.50 bits per heavy atom. The Morgan fingerprint density at radius 3 is 2.64 bits per heavy atom. The maximum Gasteiger partial charge on any atom is 0.367 e. The lowest BCUT2D eigenvalue weighted by atomic mass is 10.4. The van der Waals surface area contributed by atoms with Gasteiger partial charge in [0.25, 0.3) is 0 Å². The second-order valence-corrected chi connectivity index (χ2v) is 3.14. The Balaban J connectivity index is 2.69. The minimum atomic E-state index is -0.468. The Hall–Kier alpha value is -1.63. The summed E-state index contributed by atoms with van der Waals surface area (Å²) in [6, 6.07) is 0. The minimum absolute atomic E-state index is 0.283. The smallest absolute Gasteiger partial charge is 0.269 e. The highest BCUT2D eigenvalue weighted by Gasteiger charge is 2.15. The molecule has 74 valence electrons. The molecule has 2 heterocycles. The molecule has 2 aromatic heterocycles. The van der Waals surface area contributed by atoms with E-state index in [0.29, 0.717) is 5.02 Å². The highest BCUT2D eigenvalue weighted by Crippen LogP contribution is 2.20. The summed E-state index contributed by atoms with van der Waals surface area (Å²) in [4.78, 5) is 11.2. The first-order valence-corrected chi connectivity index (χ1v) is 4.19. The van der Waals surface area contributed by atoms with E-state index in [1.807, 2.05) is 0 Å². The van der Waals surface area contributed by atoms with Crippen LogP contribution in [0.1, 0.15) is 5.69 Å². The van der Waals surface area contributed by atoms with E-state index >= 15 is 0 Å². The van der Waals surface area contributed by atoms with Gasteiger partial charge in [0.1, 0.15) is 5.02 Å². The minimum Gasteiger partial charge on any atom is -0.269 e. The predicted octanol–water partition coefficient (Wildman–Crippen LogP) is -0.349. The predicted molar refractivity (Wildman–Crippen MR) is 48.5 cm³/mol. The first kappa shape index (κ1) is 8.95. The summed E-state index contributed by atoms with van der Waals surface area (Å²) < 4.78 is 2.58. The zero-order valence-corrected chi connectivity index (χ0v) is 8.28. The monoisotopic (exact) mass is 214 g/mol. The molecule has 7 nitrogen and oxygen atoms in total. The van der Waals surface area contributed by atoms with Gasteiger partial charge in [-0.1, -0.05) is 11.6 Å². The molecule has 0 bridgehead atoms. The summed E-state index contributed by atoms with van der Waals surface area (Å²) in [6.45, 7) is 1.80. The summed E-state index contributed by atoms with van der Waals surface area (Å²) in [7, 11) is 1.73. The number of tetrazole rings is 1. The lowest BCUT2D eigenvalue weighted by Crippen LogP contribution is -2.17. The van der Waals surface area contributed by atoms with Crippen molar-refractivity contribution in [2.45, 2.75) is 6.92 Å². The van der Waals surface area contributed by atoms with Gasteiger partial charge in [-0.3, -0.25) is 4.68 Å². The molecule has 0 fully saturated rings. The molecule has 0 spiro atoms. The summed E-state index contributed by atoms with van der Waals surface area (Å²) in [6.07, 6.45) is 0. The van der Waals surface area contributed by atoms with Crippen molar-refractivity contribution in [2.75, 3.05) is 0 Å². The summed E-state index contributed by atoms with van der Waals surface area (Å²) in [5.74, 6) is 0.283. The summed E-state index contributed by atoms with van der Waals surface area (Å²) >= 11 is 5.95. The number of aryl methyl sites for hydroxylation is 1. The van der Waals surface area contributed by atoms with E-state index in [1.54, 1.807) is 18.7 Å². The topological polar surface area (TPSA) is 81.4 Å². The Labute approximate surface area is 83.3 Å². The van der Waals surface area contributed by atoms with E-state index in [-0.39, 0.29) is 5.82 Å². The lowest BCUT2D eigenvalue weighted by Gasteiger charge is -1.90. The van der Waals surface area contributed by atoms with Crippen molar-refractivity contribution >= 4 is 11.6 Å². The molecule has 8 heteroatoms. The van der Waals surface area contributed by atoms with Gasteiger partial charge in [-0.2, -0.15) is 5.10 Å². The highest BCUT2D eigenvalue weighted by atomic mass is 35.5. The molecule has 0 aliphatic rings. The van der Waals surface area contributed by atoms with Crippen LogP contribution in [0.15, 0.2) is 4.79 Å². The van der Waals surface area contributed by atoms with E-state index in [2.05, 4.69) is 20.6 Å². The van der Waals surface area contributed by atoms with E-state index < -0.39 is 5.69 Å². The number of aromatic nitrogens is 6. The Morgan fingerprint density at radius 2 is 2.21 bits per heavy atom. The van der Waals surface area contributed by atoms with Crippen LogP contribution >= 0.6 is 11.6 Å². The number of aromatic amines is 1. The summed E-state index contributed by atoms with van der Waals surface area (Å²) in [5.41, 5.74) is 0.293. The standard InChI is InChI=1S/C6H7ClN6O/c1-3-4(7)5(9-12(3)2)13-6(14)8-10-11-13/h1-2H3,(H,8,11,14). The van der Waals surface area contributed by atoms with Gasteiger partial charge in [-0.05, 0) is 17.4 Å². The van der Waals surface area contributed by atoms with Crippen LogP contribution in [0.5, 0.6) is 0 Å². The van der Waals surface area contributed by atoms with Crippen molar-refractivity contribution in [1.82, 2.24) is 30.0 Å². The normalized spacial score (nSPS) is 10.8. The van der Waals surface area contributed by atoms with Crippen LogP contribution in [0, 0.1) is 6.92 Å². The van der Waals surface area contributed by atoms with E-state index in [9.17, 15) is 4.79 Å². The quantitative estimate of drug-likeness (QED) is 0.704. The summed E-state index contributed by atoms with van der Waals surface area (Å²) in [5, 5.41) is 13.5. The van der Waals surface area contributed by atoms with E-state index in [4.69, 9.17) is 11.6 Å². The molecular weight excluding hydrogens is 208 g/mol. The van der Waals surface area contributed by atoms with E-state index in [0.717, 1.165) is 10.4 Å². The van der Waals surface area contributed by atoms with Gasteiger partial charge in [-0.25, -0.2) is 9.89 Å². The molecule has 0 atom stereocenters. The molecule has 0 saturated heterocycles. The first-order valence-electron chi connectivity index (χ1n) is 3.81. The SMILES string of the molecule is Cc1c(Cl)c(-n2nn[nH]c2=O)nn1C. The van der Waals surface area contributed by atoms with Crippen LogP contribution in [-0.4, -0.2) is 30.0 Å².